The Hall–Kier alpha value is -0.120. The first-order valence-electron chi connectivity index (χ1n) is 6.85. The second kappa shape index (κ2) is 5.48. The molecule has 0 bridgehead atoms. The highest BCUT2D eigenvalue weighted by Crippen LogP contribution is 2.27. The van der Waals surface area contributed by atoms with Gasteiger partial charge in [0.05, 0.1) is 0 Å². The lowest BCUT2D eigenvalue weighted by atomic mass is 9.99. The average Bonchev–Trinajstić information content (AvgIpc) is 2.63. The molecule has 1 saturated carbocycles. The van der Waals surface area contributed by atoms with Crippen LogP contribution in [0.4, 0.5) is 0 Å². The second-order valence-corrected chi connectivity index (χ2v) is 5.79. The maximum absolute atomic E-state index is 6.12. The van der Waals surface area contributed by atoms with Crippen LogP contribution in [-0.2, 0) is 0 Å². The molecule has 0 spiro atoms. The first kappa shape index (κ1) is 12.3. The minimum Gasteiger partial charge on any atom is -0.327 e. The fourth-order valence-corrected chi connectivity index (χ4v) is 3.27. The van der Waals surface area contributed by atoms with Crippen LogP contribution >= 0.6 is 0 Å². The number of rotatable bonds is 3. The molecule has 2 N–H and O–H groups in total. The summed E-state index contributed by atoms with van der Waals surface area (Å²) in [6.45, 7) is 7.29. The summed E-state index contributed by atoms with van der Waals surface area (Å²) in [5.74, 6) is 0.798. The highest BCUT2D eigenvalue weighted by molar-refractivity contribution is 4.83. The van der Waals surface area contributed by atoms with Gasteiger partial charge in [-0.3, -0.25) is 4.90 Å². The molecule has 1 aliphatic carbocycles. The van der Waals surface area contributed by atoms with Crippen molar-refractivity contribution in [2.75, 3.05) is 33.2 Å². The van der Waals surface area contributed by atoms with Gasteiger partial charge in [-0.2, -0.15) is 0 Å². The van der Waals surface area contributed by atoms with Crippen molar-refractivity contribution in [3.8, 4) is 0 Å². The first-order valence-corrected chi connectivity index (χ1v) is 6.85. The van der Waals surface area contributed by atoms with E-state index in [1.165, 1.54) is 51.9 Å². The lowest BCUT2D eigenvalue weighted by molar-refractivity contribution is 0.0938. The van der Waals surface area contributed by atoms with E-state index in [4.69, 9.17) is 5.73 Å². The molecule has 3 nitrogen and oxygen atoms in total. The Morgan fingerprint density at radius 1 is 1.25 bits per heavy atom. The van der Waals surface area contributed by atoms with E-state index in [-0.39, 0.29) is 0 Å². The van der Waals surface area contributed by atoms with Crippen molar-refractivity contribution in [1.82, 2.24) is 9.80 Å². The van der Waals surface area contributed by atoms with Gasteiger partial charge in [0.2, 0.25) is 0 Å². The molecule has 2 aliphatic rings. The molecule has 0 amide bonds. The van der Waals surface area contributed by atoms with Gasteiger partial charge in [0.15, 0.2) is 0 Å². The van der Waals surface area contributed by atoms with E-state index < -0.39 is 0 Å². The lowest BCUT2D eigenvalue weighted by Gasteiger charge is -2.38. The lowest BCUT2D eigenvalue weighted by Crippen LogP contribution is -2.50. The van der Waals surface area contributed by atoms with Gasteiger partial charge in [-0.25, -0.2) is 0 Å². The van der Waals surface area contributed by atoms with Gasteiger partial charge in [-0.05, 0) is 45.7 Å². The van der Waals surface area contributed by atoms with Crippen molar-refractivity contribution < 1.29 is 0 Å². The van der Waals surface area contributed by atoms with Gasteiger partial charge in [-0.1, -0.05) is 6.42 Å². The van der Waals surface area contributed by atoms with Crippen molar-refractivity contribution in [3.05, 3.63) is 0 Å². The van der Waals surface area contributed by atoms with Gasteiger partial charge in [0.25, 0.3) is 0 Å². The predicted octanol–water partition coefficient (Wildman–Crippen LogP) is 1.14. The number of hydrogen-bond donors (Lipinski definition) is 1. The third-order valence-electron chi connectivity index (χ3n) is 4.47. The Morgan fingerprint density at radius 3 is 2.69 bits per heavy atom. The number of likely N-dealkylation sites (N-methyl/N-ethyl adjacent to an activating group) is 1. The van der Waals surface area contributed by atoms with Crippen molar-refractivity contribution in [2.24, 2.45) is 11.7 Å². The first-order chi connectivity index (χ1) is 7.66. The monoisotopic (exact) mass is 225 g/mol. The molecule has 3 atom stereocenters. The van der Waals surface area contributed by atoms with E-state index in [1.807, 2.05) is 0 Å². The van der Waals surface area contributed by atoms with Crippen LogP contribution in [0.1, 0.15) is 32.6 Å². The Bertz CT molecular complexity index is 219. The summed E-state index contributed by atoms with van der Waals surface area (Å²) in [5, 5.41) is 0. The van der Waals surface area contributed by atoms with Crippen molar-refractivity contribution in [2.45, 2.75) is 44.7 Å². The zero-order valence-electron chi connectivity index (χ0n) is 10.9. The molecular weight excluding hydrogens is 198 g/mol. The third-order valence-corrected chi connectivity index (χ3v) is 4.47. The number of piperazine rings is 1. The van der Waals surface area contributed by atoms with Crippen LogP contribution in [0.3, 0.4) is 0 Å². The van der Waals surface area contributed by atoms with Gasteiger partial charge in [0, 0.05) is 31.7 Å². The minimum atomic E-state index is 0.489. The van der Waals surface area contributed by atoms with Crippen molar-refractivity contribution in [1.29, 1.82) is 0 Å². The van der Waals surface area contributed by atoms with Crippen LogP contribution in [0.15, 0.2) is 0 Å². The largest absolute Gasteiger partial charge is 0.327 e. The summed E-state index contributed by atoms with van der Waals surface area (Å²) < 4.78 is 0. The maximum Gasteiger partial charge on any atom is 0.0195 e. The van der Waals surface area contributed by atoms with E-state index in [2.05, 4.69) is 23.8 Å². The standard InChI is InChI=1S/C13H27N3/c1-11-10-15(2)8-9-16(11)7-6-12-4-3-5-13(12)14/h11-13H,3-10,14H2,1-2H3. The van der Waals surface area contributed by atoms with Crippen molar-refractivity contribution in [3.63, 3.8) is 0 Å². The van der Waals surface area contributed by atoms with Crippen molar-refractivity contribution >= 4 is 0 Å². The van der Waals surface area contributed by atoms with Crippen LogP contribution in [0.5, 0.6) is 0 Å². The van der Waals surface area contributed by atoms with E-state index >= 15 is 0 Å². The molecule has 0 aromatic rings. The molecule has 0 aromatic carbocycles. The molecule has 0 aromatic heterocycles. The quantitative estimate of drug-likeness (QED) is 0.782. The average molecular weight is 225 g/mol. The summed E-state index contributed by atoms with van der Waals surface area (Å²) in [5.41, 5.74) is 6.12. The Kier molecular flexibility index (Phi) is 4.22. The molecule has 1 aliphatic heterocycles. The normalized spacial score (nSPS) is 38.1. The zero-order valence-corrected chi connectivity index (χ0v) is 10.9. The third kappa shape index (κ3) is 2.96. The van der Waals surface area contributed by atoms with Crippen LogP contribution in [-0.4, -0.2) is 55.1 Å². The molecule has 94 valence electrons. The van der Waals surface area contributed by atoms with Gasteiger partial charge >= 0.3 is 0 Å². The summed E-state index contributed by atoms with van der Waals surface area (Å²) in [6, 6.07) is 1.21. The summed E-state index contributed by atoms with van der Waals surface area (Å²) >= 11 is 0. The number of nitrogens with two attached hydrogens (primary N) is 1. The molecule has 0 radical (unpaired) electrons. The summed E-state index contributed by atoms with van der Waals surface area (Å²) in [4.78, 5) is 5.08. The van der Waals surface area contributed by atoms with Crippen LogP contribution in [0, 0.1) is 5.92 Å². The predicted molar refractivity (Wildman–Crippen MR) is 68.5 cm³/mol. The molecule has 3 heteroatoms. The van der Waals surface area contributed by atoms with Gasteiger partial charge in [-0.15, -0.1) is 0 Å². The Balaban J connectivity index is 1.73. The van der Waals surface area contributed by atoms with Crippen LogP contribution < -0.4 is 5.73 Å². The minimum absolute atomic E-state index is 0.489. The van der Waals surface area contributed by atoms with Gasteiger partial charge < -0.3 is 10.6 Å². The highest BCUT2D eigenvalue weighted by Gasteiger charge is 2.26. The number of hydrogen-bond acceptors (Lipinski definition) is 3. The number of nitrogens with zero attached hydrogens (tertiary/aromatic N) is 2. The summed E-state index contributed by atoms with van der Waals surface area (Å²) in [7, 11) is 2.22. The van der Waals surface area contributed by atoms with E-state index in [9.17, 15) is 0 Å². The second-order valence-electron chi connectivity index (χ2n) is 5.79. The Labute approximate surface area is 100.0 Å². The van der Waals surface area contributed by atoms with E-state index in [0.29, 0.717) is 6.04 Å². The molecule has 3 unspecified atom stereocenters. The molecule has 2 rings (SSSR count). The molecule has 1 heterocycles. The summed E-state index contributed by atoms with van der Waals surface area (Å²) in [6.07, 6.45) is 5.28. The SMILES string of the molecule is CC1CN(C)CCN1CCC1CCCC1N. The molecule has 16 heavy (non-hydrogen) atoms. The van der Waals surface area contributed by atoms with Crippen LogP contribution in [0.25, 0.3) is 0 Å². The van der Waals surface area contributed by atoms with E-state index in [1.54, 1.807) is 0 Å². The topological polar surface area (TPSA) is 32.5 Å². The van der Waals surface area contributed by atoms with Gasteiger partial charge in [0.1, 0.15) is 0 Å². The molecular formula is C13H27N3. The maximum atomic E-state index is 6.12. The smallest absolute Gasteiger partial charge is 0.0195 e. The highest BCUT2D eigenvalue weighted by atomic mass is 15.3. The zero-order chi connectivity index (χ0) is 11.5. The fraction of sp³-hybridized carbons (Fsp3) is 1.00. The molecule has 2 fully saturated rings. The fourth-order valence-electron chi connectivity index (χ4n) is 3.27. The van der Waals surface area contributed by atoms with Crippen LogP contribution in [0.2, 0.25) is 0 Å². The molecule has 1 saturated heterocycles. The Morgan fingerprint density at radius 2 is 2.06 bits per heavy atom. The van der Waals surface area contributed by atoms with E-state index in [0.717, 1.165) is 12.0 Å².